The molecule has 0 bridgehead atoms. The van der Waals surface area contributed by atoms with Gasteiger partial charge in [0.05, 0.1) is 12.2 Å². The van der Waals surface area contributed by atoms with Gasteiger partial charge in [0.1, 0.15) is 17.3 Å². The van der Waals surface area contributed by atoms with Crippen molar-refractivity contribution in [3.8, 4) is 22.6 Å². The van der Waals surface area contributed by atoms with Crippen LogP contribution < -0.4 is 21.9 Å². The monoisotopic (exact) mass is 351 g/mol. The Balaban J connectivity index is 2.02. The maximum Gasteiger partial charge on any atom is 0.221 e. The molecule has 3 aromatic rings. The van der Waals surface area contributed by atoms with Crippen molar-refractivity contribution in [1.82, 2.24) is 9.97 Å². The molecule has 26 heavy (non-hydrogen) atoms. The standard InChI is InChI=1S/C19H21N5O2/c1-2-26-16-9-11(7-13-10-23-19(22)24-18(13)21)8-15(25)17(16)12-3-5-14(20)6-4-12/h3-6,8-10,25H,2,7,20H2,1H3,(H4,21,22,23,24). The first kappa shape index (κ1) is 17.3. The Labute approximate surface area is 151 Å². The molecular weight excluding hydrogens is 330 g/mol. The van der Waals surface area contributed by atoms with Crippen molar-refractivity contribution in [2.45, 2.75) is 13.3 Å². The first-order chi connectivity index (χ1) is 12.5. The summed E-state index contributed by atoms with van der Waals surface area (Å²) in [5, 5.41) is 10.6. The highest BCUT2D eigenvalue weighted by Crippen LogP contribution is 2.40. The van der Waals surface area contributed by atoms with Gasteiger partial charge in [-0.25, -0.2) is 4.98 Å². The lowest BCUT2D eigenvalue weighted by molar-refractivity contribution is 0.339. The summed E-state index contributed by atoms with van der Waals surface area (Å²) in [7, 11) is 0. The van der Waals surface area contributed by atoms with E-state index in [9.17, 15) is 5.11 Å². The number of phenols is 1. The van der Waals surface area contributed by atoms with E-state index in [1.165, 1.54) is 0 Å². The third-order valence-electron chi connectivity index (χ3n) is 3.95. The van der Waals surface area contributed by atoms with Crippen molar-refractivity contribution in [3.05, 3.63) is 53.7 Å². The van der Waals surface area contributed by atoms with Crippen LogP contribution in [0, 0.1) is 0 Å². The summed E-state index contributed by atoms with van der Waals surface area (Å²) in [6.07, 6.45) is 2.03. The van der Waals surface area contributed by atoms with Crippen LogP contribution in [0.1, 0.15) is 18.1 Å². The summed E-state index contributed by atoms with van der Waals surface area (Å²) in [5.41, 5.74) is 20.8. The Bertz CT molecular complexity index is 926. The van der Waals surface area contributed by atoms with Gasteiger partial charge in [-0.05, 0) is 42.3 Å². The van der Waals surface area contributed by atoms with E-state index in [4.69, 9.17) is 21.9 Å². The third kappa shape index (κ3) is 3.61. The molecular formula is C19H21N5O2. The Hall–Kier alpha value is -3.48. The van der Waals surface area contributed by atoms with Gasteiger partial charge < -0.3 is 27.0 Å². The van der Waals surface area contributed by atoms with Gasteiger partial charge in [-0.2, -0.15) is 4.98 Å². The van der Waals surface area contributed by atoms with Crippen LogP contribution in [0.15, 0.2) is 42.6 Å². The fourth-order valence-electron chi connectivity index (χ4n) is 2.76. The van der Waals surface area contributed by atoms with E-state index in [2.05, 4.69) is 9.97 Å². The SMILES string of the molecule is CCOc1cc(Cc2cnc(N)nc2N)cc(O)c1-c1ccc(N)cc1. The number of aromatic nitrogens is 2. The second-order valence-electron chi connectivity index (χ2n) is 5.86. The maximum atomic E-state index is 10.6. The number of hydrogen-bond acceptors (Lipinski definition) is 7. The van der Waals surface area contributed by atoms with E-state index in [0.717, 1.165) is 16.7 Å². The lowest BCUT2D eigenvalue weighted by Gasteiger charge is -2.15. The number of rotatable bonds is 5. The van der Waals surface area contributed by atoms with E-state index in [1.54, 1.807) is 24.4 Å². The van der Waals surface area contributed by atoms with Crippen LogP contribution in [0.3, 0.4) is 0 Å². The van der Waals surface area contributed by atoms with E-state index in [-0.39, 0.29) is 11.7 Å². The zero-order valence-electron chi connectivity index (χ0n) is 14.4. The topological polar surface area (TPSA) is 133 Å². The molecule has 0 fully saturated rings. The molecule has 0 aliphatic carbocycles. The summed E-state index contributed by atoms with van der Waals surface area (Å²) in [5.74, 6) is 1.15. The highest BCUT2D eigenvalue weighted by Gasteiger charge is 2.15. The van der Waals surface area contributed by atoms with E-state index in [0.29, 0.717) is 35.8 Å². The van der Waals surface area contributed by atoms with Gasteiger partial charge in [0.25, 0.3) is 0 Å². The van der Waals surface area contributed by atoms with Crippen LogP contribution in [-0.2, 0) is 6.42 Å². The van der Waals surface area contributed by atoms with Crippen molar-refractivity contribution in [2.24, 2.45) is 0 Å². The van der Waals surface area contributed by atoms with Crippen LogP contribution in [0.2, 0.25) is 0 Å². The summed E-state index contributed by atoms with van der Waals surface area (Å²) in [6.45, 7) is 2.36. The summed E-state index contributed by atoms with van der Waals surface area (Å²) >= 11 is 0. The van der Waals surface area contributed by atoms with Gasteiger partial charge in [-0.3, -0.25) is 0 Å². The Kier molecular flexibility index (Phi) is 4.79. The Morgan fingerprint density at radius 3 is 2.46 bits per heavy atom. The number of nitrogens with zero attached hydrogens (tertiary/aromatic N) is 2. The second-order valence-corrected chi connectivity index (χ2v) is 5.86. The minimum atomic E-state index is 0.116. The number of hydrogen-bond donors (Lipinski definition) is 4. The number of ether oxygens (including phenoxy) is 1. The van der Waals surface area contributed by atoms with Gasteiger partial charge in [0.2, 0.25) is 5.95 Å². The molecule has 0 radical (unpaired) electrons. The molecule has 3 rings (SSSR count). The van der Waals surface area contributed by atoms with Crippen molar-refractivity contribution >= 4 is 17.5 Å². The van der Waals surface area contributed by atoms with Crippen LogP contribution >= 0.6 is 0 Å². The normalized spacial score (nSPS) is 10.7. The number of nitrogens with two attached hydrogens (primary N) is 3. The van der Waals surface area contributed by atoms with Crippen molar-refractivity contribution < 1.29 is 9.84 Å². The fourth-order valence-corrected chi connectivity index (χ4v) is 2.76. The quantitative estimate of drug-likeness (QED) is 0.519. The van der Waals surface area contributed by atoms with Crippen LogP contribution in [0.25, 0.3) is 11.1 Å². The zero-order valence-corrected chi connectivity index (χ0v) is 14.4. The molecule has 7 nitrogen and oxygen atoms in total. The van der Waals surface area contributed by atoms with Crippen molar-refractivity contribution in [3.63, 3.8) is 0 Å². The number of nitrogen functional groups attached to an aromatic ring is 3. The van der Waals surface area contributed by atoms with Crippen molar-refractivity contribution in [1.29, 1.82) is 0 Å². The van der Waals surface area contributed by atoms with Gasteiger partial charge in [-0.15, -0.1) is 0 Å². The van der Waals surface area contributed by atoms with Crippen LogP contribution in [0.4, 0.5) is 17.5 Å². The molecule has 7 N–H and O–H groups in total. The molecule has 1 heterocycles. The summed E-state index contributed by atoms with van der Waals surface area (Å²) < 4.78 is 5.76. The molecule has 0 aliphatic rings. The Morgan fingerprint density at radius 1 is 1.08 bits per heavy atom. The second kappa shape index (κ2) is 7.18. The minimum Gasteiger partial charge on any atom is -0.507 e. The van der Waals surface area contributed by atoms with Gasteiger partial charge >= 0.3 is 0 Å². The summed E-state index contributed by atoms with van der Waals surface area (Å²) in [6, 6.07) is 10.8. The molecule has 0 saturated carbocycles. The molecule has 0 amide bonds. The Morgan fingerprint density at radius 2 is 1.81 bits per heavy atom. The van der Waals surface area contributed by atoms with E-state index >= 15 is 0 Å². The molecule has 0 saturated heterocycles. The fraction of sp³-hybridized carbons (Fsp3) is 0.158. The van der Waals surface area contributed by atoms with Crippen molar-refractivity contribution in [2.75, 3.05) is 23.8 Å². The molecule has 0 atom stereocenters. The molecule has 0 aliphatic heterocycles. The summed E-state index contributed by atoms with van der Waals surface area (Å²) in [4.78, 5) is 7.93. The minimum absolute atomic E-state index is 0.116. The molecule has 7 heteroatoms. The lowest BCUT2D eigenvalue weighted by Crippen LogP contribution is -2.04. The smallest absolute Gasteiger partial charge is 0.221 e. The number of benzene rings is 2. The first-order valence-corrected chi connectivity index (χ1v) is 8.19. The predicted molar refractivity (Wildman–Crippen MR) is 103 cm³/mol. The number of phenolic OH excluding ortho intramolecular Hbond substituents is 1. The highest BCUT2D eigenvalue weighted by atomic mass is 16.5. The van der Waals surface area contributed by atoms with Crippen LogP contribution in [0.5, 0.6) is 11.5 Å². The molecule has 0 unspecified atom stereocenters. The predicted octanol–water partition coefficient (Wildman–Crippen LogP) is 2.59. The average Bonchev–Trinajstić information content (AvgIpc) is 2.59. The molecule has 2 aromatic carbocycles. The van der Waals surface area contributed by atoms with Crippen LogP contribution in [-0.4, -0.2) is 21.7 Å². The first-order valence-electron chi connectivity index (χ1n) is 8.19. The van der Waals surface area contributed by atoms with Gasteiger partial charge in [-0.1, -0.05) is 12.1 Å². The largest absolute Gasteiger partial charge is 0.507 e. The number of anilines is 3. The molecule has 0 spiro atoms. The lowest BCUT2D eigenvalue weighted by atomic mass is 9.98. The molecule has 134 valence electrons. The molecule has 1 aromatic heterocycles. The average molecular weight is 351 g/mol. The highest BCUT2D eigenvalue weighted by molar-refractivity contribution is 5.78. The van der Waals surface area contributed by atoms with Gasteiger partial charge in [0, 0.05) is 23.9 Å². The van der Waals surface area contributed by atoms with Gasteiger partial charge in [0.15, 0.2) is 0 Å². The third-order valence-corrected chi connectivity index (χ3v) is 3.95. The maximum absolute atomic E-state index is 10.6. The van der Waals surface area contributed by atoms with E-state index in [1.807, 2.05) is 25.1 Å². The number of aromatic hydroxyl groups is 1. The zero-order chi connectivity index (χ0) is 18.7. The van der Waals surface area contributed by atoms with E-state index < -0.39 is 0 Å².